The van der Waals surface area contributed by atoms with E-state index in [2.05, 4.69) is 0 Å². The third-order valence-electron chi connectivity index (χ3n) is 5.34. The average Bonchev–Trinajstić information content (AvgIpc) is 3.36. The zero-order chi connectivity index (χ0) is 18.7. The summed E-state index contributed by atoms with van der Waals surface area (Å²) in [5.41, 5.74) is 2.17. The predicted molar refractivity (Wildman–Crippen MR) is 98.6 cm³/mol. The molecule has 2 aromatic carbocycles. The highest BCUT2D eigenvalue weighted by molar-refractivity contribution is 7.92. The van der Waals surface area contributed by atoms with Gasteiger partial charge in [0.15, 0.2) is 0 Å². The highest BCUT2D eigenvalue weighted by atomic mass is 32.2. The number of nitrogens with zero attached hydrogens (tertiary/aromatic N) is 2. The Hall–Kier alpha value is -2.41. The fourth-order valence-electron chi connectivity index (χ4n) is 3.78. The lowest BCUT2D eigenvalue weighted by molar-refractivity contribution is -0.496. The van der Waals surface area contributed by atoms with Gasteiger partial charge in [0.25, 0.3) is 10.0 Å². The van der Waals surface area contributed by atoms with Gasteiger partial charge in [-0.3, -0.25) is 14.4 Å². The first-order chi connectivity index (χ1) is 12.2. The van der Waals surface area contributed by atoms with E-state index in [1.54, 1.807) is 36.4 Å². The van der Waals surface area contributed by atoms with Crippen molar-refractivity contribution in [1.82, 2.24) is 0 Å². The molecule has 0 amide bonds. The van der Waals surface area contributed by atoms with Crippen molar-refractivity contribution in [3.63, 3.8) is 0 Å². The van der Waals surface area contributed by atoms with Crippen LogP contribution >= 0.6 is 0 Å². The Bertz CT molecular complexity index is 986. The quantitative estimate of drug-likeness (QED) is 0.609. The minimum Gasteiger partial charge on any atom is -0.265 e. The molecule has 1 aliphatic carbocycles. The van der Waals surface area contributed by atoms with Gasteiger partial charge in [-0.2, -0.15) is 0 Å². The first-order valence-corrected chi connectivity index (χ1v) is 10.0. The van der Waals surface area contributed by atoms with Crippen LogP contribution in [0.15, 0.2) is 53.4 Å². The number of sulfonamides is 1. The van der Waals surface area contributed by atoms with E-state index in [-0.39, 0.29) is 21.2 Å². The first kappa shape index (κ1) is 17.0. The second-order valence-electron chi connectivity index (χ2n) is 7.68. The van der Waals surface area contributed by atoms with Crippen LogP contribution in [0.5, 0.6) is 0 Å². The molecule has 0 saturated heterocycles. The summed E-state index contributed by atoms with van der Waals surface area (Å²) in [5, 5.41) is 11.0. The largest absolute Gasteiger partial charge is 0.265 e. The smallest absolute Gasteiger partial charge is 0.264 e. The predicted octanol–water partition coefficient (Wildman–Crippen LogP) is 3.31. The van der Waals surface area contributed by atoms with E-state index in [0.29, 0.717) is 18.7 Å². The zero-order valence-electron chi connectivity index (χ0n) is 14.6. The Morgan fingerprint density at radius 3 is 2.46 bits per heavy atom. The molecule has 1 fully saturated rings. The summed E-state index contributed by atoms with van der Waals surface area (Å²) in [6.07, 6.45) is 0.554. The van der Waals surface area contributed by atoms with Crippen LogP contribution < -0.4 is 4.31 Å². The van der Waals surface area contributed by atoms with Crippen LogP contribution in [0.3, 0.4) is 0 Å². The maximum Gasteiger partial charge on any atom is 0.264 e. The molecule has 0 aromatic heterocycles. The molecule has 7 heteroatoms. The Morgan fingerprint density at radius 1 is 1.15 bits per heavy atom. The molecule has 1 aliphatic heterocycles. The van der Waals surface area contributed by atoms with Crippen LogP contribution in [-0.2, 0) is 15.4 Å². The van der Waals surface area contributed by atoms with E-state index in [1.807, 2.05) is 26.0 Å². The van der Waals surface area contributed by atoms with Gasteiger partial charge in [0.05, 0.1) is 16.5 Å². The van der Waals surface area contributed by atoms with E-state index >= 15 is 0 Å². The van der Waals surface area contributed by atoms with Crippen molar-refractivity contribution < 1.29 is 13.3 Å². The lowest BCUT2D eigenvalue weighted by Gasteiger charge is -2.22. The molecule has 2 unspecified atom stereocenters. The van der Waals surface area contributed by atoms with Crippen molar-refractivity contribution in [2.75, 3.05) is 10.8 Å². The topological polar surface area (TPSA) is 80.5 Å². The normalized spacial score (nSPS) is 23.5. The third-order valence-corrected chi connectivity index (χ3v) is 7.12. The lowest BCUT2D eigenvalue weighted by atomic mass is 9.85. The zero-order valence-corrected chi connectivity index (χ0v) is 15.4. The van der Waals surface area contributed by atoms with E-state index in [9.17, 15) is 18.5 Å². The van der Waals surface area contributed by atoms with Crippen LogP contribution in [0.2, 0.25) is 0 Å². The second-order valence-corrected chi connectivity index (χ2v) is 9.54. The summed E-state index contributed by atoms with van der Waals surface area (Å²) in [6, 6.07) is 13.5. The SMILES string of the molecule is CC1(C)CN(S(=O)(=O)c2ccccc2)c2ccc(C3CC3[N+](=O)[O-])cc21. The van der Waals surface area contributed by atoms with Crippen LogP contribution in [0, 0.1) is 10.1 Å². The molecule has 26 heavy (non-hydrogen) atoms. The standard InChI is InChI=1S/C19H20N2O4S/c1-19(2)12-20(26(24,25)14-6-4-3-5-7-14)17-9-8-13(10-16(17)19)15-11-18(15)21(22)23/h3-10,15,18H,11-12H2,1-2H3. The highest BCUT2D eigenvalue weighted by Gasteiger charge is 2.50. The van der Waals surface area contributed by atoms with Gasteiger partial charge in [-0.15, -0.1) is 0 Å². The van der Waals surface area contributed by atoms with Gasteiger partial charge in [0.1, 0.15) is 0 Å². The second kappa shape index (κ2) is 5.54. The van der Waals surface area contributed by atoms with Crippen molar-refractivity contribution in [3.05, 3.63) is 69.8 Å². The van der Waals surface area contributed by atoms with Crippen molar-refractivity contribution in [3.8, 4) is 0 Å². The highest BCUT2D eigenvalue weighted by Crippen LogP contribution is 2.48. The number of benzene rings is 2. The fraction of sp³-hybridized carbons (Fsp3) is 0.368. The fourth-order valence-corrected chi connectivity index (χ4v) is 5.45. The van der Waals surface area contributed by atoms with Crippen molar-refractivity contribution in [1.29, 1.82) is 0 Å². The maximum atomic E-state index is 13.1. The summed E-state index contributed by atoms with van der Waals surface area (Å²) in [7, 11) is -3.64. The summed E-state index contributed by atoms with van der Waals surface area (Å²) in [4.78, 5) is 11.0. The van der Waals surface area contributed by atoms with E-state index in [1.165, 1.54) is 4.31 Å². The minimum absolute atomic E-state index is 0.0640. The van der Waals surface area contributed by atoms with Gasteiger partial charge >= 0.3 is 0 Å². The molecule has 4 rings (SSSR count). The van der Waals surface area contributed by atoms with Gasteiger partial charge in [-0.25, -0.2) is 8.42 Å². The number of fused-ring (bicyclic) bond motifs is 1. The molecule has 136 valence electrons. The van der Waals surface area contributed by atoms with E-state index in [4.69, 9.17) is 0 Å². The van der Waals surface area contributed by atoms with E-state index < -0.39 is 16.1 Å². The van der Waals surface area contributed by atoms with Gasteiger partial charge < -0.3 is 0 Å². The van der Waals surface area contributed by atoms with Gasteiger partial charge in [-0.1, -0.05) is 44.2 Å². The van der Waals surface area contributed by atoms with Gasteiger partial charge in [0, 0.05) is 23.3 Å². The lowest BCUT2D eigenvalue weighted by Crippen LogP contribution is -2.33. The number of anilines is 1. The van der Waals surface area contributed by atoms with Gasteiger partial charge in [-0.05, 0) is 29.3 Å². The number of rotatable bonds is 4. The molecule has 0 N–H and O–H groups in total. The molecule has 0 bridgehead atoms. The molecule has 0 radical (unpaired) electrons. The molecule has 2 aliphatic rings. The van der Waals surface area contributed by atoms with Crippen LogP contribution in [-0.4, -0.2) is 25.9 Å². The van der Waals surface area contributed by atoms with Crippen LogP contribution in [0.1, 0.15) is 37.3 Å². The van der Waals surface area contributed by atoms with Crippen LogP contribution in [0.25, 0.3) is 0 Å². The summed E-state index contributed by atoms with van der Waals surface area (Å²) in [6.45, 7) is 4.37. The molecule has 2 atom stereocenters. The number of hydrogen-bond donors (Lipinski definition) is 0. The van der Waals surface area contributed by atoms with Gasteiger partial charge in [0.2, 0.25) is 6.04 Å². The maximum absolute atomic E-state index is 13.1. The van der Waals surface area contributed by atoms with Crippen LogP contribution in [0.4, 0.5) is 5.69 Å². The molecule has 1 saturated carbocycles. The number of hydrogen-bond acceptors (Lipinski definition) is 4. The number of nitro groups is 1. The van der Waals surface area contributed by atoms with Crippen molar-refractivity contribution in [2.24, 2.45) is 0 Å². The third kappa shape index (κ3) is 2.58. The summed E-state index contributed by atoms with van der Waals surface area (Å²) < 4.78 is 27.6. The molecule has 1 heterocycles. The van der Waals surface area contributed by atoms with Crippen molar-refractivity contribution >= 4 is 15.7 Å². The first-order valence-electron chi connectivity index (χ1n) is 8.57. The average molecular weight is 372 g/mol. The molecule has 2 aromatic rings. The van der Waals surface area contributed by atoms with E-state index in [0.717, 1.165) is 11.1 Å². The Labute approximate surface area is 152 Å². The summed E-state index contributed by atoms with van der Waals surface area (Å²) in [5.74, 6) is -0.0640. The monoisotopic (exact) mass is 372 g/mol. The molecule has 0 spiro atoms. The molecule has 6 nitrogen and oxygen atoms in total. The Balaban J connectivity index is 1.74. The summed E-state index contributed by atoms with van der Waals surface area (Å²) >= 11 is 0. The minimum atomic E-state index is -3.64. The Morgan fingerprint density at radius 2 is 1.85 bits per heavy atom. The molecular weight excluding hydrogens is 352 g/mol. The van der Waals surface area contributed by atoms with Crippen molar-refractivity contribution in [2.45, 2.75) is 42.5 Å². The Kier molecular flexibility index (Phi) is 3.63. The molecular formula is C19H20N2O4S.